The molecule has 0 radical (unpaired) electrons. The predicted molar refractivity (Wildman–Crippen MR) is 76.5 cm³/mol. The van der Waals surface area contributed by atoms with Crippen molar-refractivity contribution in [2.45, 2.75) is 6.42 Å². The molecule has 0 aromatic carbocycles. The summed E-state index contributed by atoms with van der Waals surface area (Å²) in [4.78, 5) is 14.6. The van der Waals surface area contributed by atoms with Crippen LogP contribution in [0.2, 0.25) is 0 Å². The van der Waals surface area contributed by atoms with Gasteiger partial charge in [-0.3, -0.25) is 4.98 Å². The lowest BCUT2D eigenvalue weighted by atomic mass is 10.3. The van der Waals surface area contributed by atoms with E-state index >= 15 is 0 Å². The lowest BCUT2D eigenvalue weighted by Gasteiger charge is -2.18. The van der Waals surface area contributed by atoms with Crippen LogP contribution in [0.1, 0.15) is 6.42 Å². The minimum atomic E-state index is 0.677. The number of nitrogens with zero attached hydrogens (tertiary/aromatic N) is 4. The maximum absolute atomic E-state index is 5.51. The highest BCUT2D eigenvalue weighted by molar-refractivity contribution is 5.58. The molecule has 3 N–H and O–H groups in total. The van der Waals surface area contributed by atoms with Gasteiger partial charge in [-0.2, -0.15) is 0 Å². The maximum Gasteiger partial charge on any atom is 0.135 e. The van der Waals surface area contributed by atoms with Crippen LogP contribution in [0.4, 0.5) is 17.3 Å². The highest BCUT2D eigenvalue weighted by Crippen LogP contribution is 2.16. The van der Waals surface area contributed by atoms with Gasteiger partial charge < -0.3 is 16.0 Å². The molecule has 0 amide bonds. The fourth-order valence-corrected chi connectivity index (χ4v) is 1.65. The topological polar surface area (TPSA) is 80.0 Å². The van der Waals surface area contributed by atoms with Crippen molar-refractivity contribution in [3.05, 3.63) is 36.9 Å². The lowest BCUT2D eigenvalue weighted by molar-refractivity contribution is 0.785. The van der Waals surface area contributed by atoms with Gasteiger partial charge in [-0.15, -0.1) is 0 Å². The molecule has 0 aliphatic rings. The molecule has 0 fully saturated rings. The summed E-state index contributed by atoms with van der Waals surface area (Å²) in [6.45, 7) is 1.55. The van der Waals surface area contributed by atoms with Gasteiger partial charge in [-0.05, 0) is 25.1 Å². The van der Waals surface area contributed by atoms with Crippen LogP contribution in [0.3, 0.4) is 0 Å². The van der Waals surface area contributed by atoms with Gasteiger partial charge in [-0.25, -0.2) is 9.97 Å². The SMILES string of the molecule is CN(CCCN)c1cc(Nc2cccnc2)ncn1. The predicted octanol–water partition coefficient (Wildman–Crippen LogP) is 1.40. The molecule has 6 heteroatoms. The number of hydrogen-bond donors (Lipinski definition) is 2. The molecule has 2 aromatic rings. The monoisotopic (exact) mass is 258 g/mol. The van der Waals surface area contributed by atoms with Crippen LogP contribution in [0.25, 0.3) is 0 Å². The third-order valence-electron chi connectivity index (χ3n) is 2.68. The van der Waals surface area contributed by atoms with Gasteiger partial charge in [0.1, 0.15) is 18.0 Å². The number of pyridine rings is 1. The zero-order chi connectivity index (χ0) is 13.5. The third kappa shape index (κ3) is 3.89. The molecule has 0 aliphatic carbocycles. The van der Waals surface area contributed by atoms with Crippen molar-refractivity contribution >= 4 is 17.3 Å². The van der Waals surface area contributed by atoms with Crippen molar-refractivity contribution in [2.75, 3.05) is 30.4 Å². The minimum absolute atomic E-state index is 0.677. The van der Waals surface area contributed by atoms with Crippen molar-refractivity contribution in [1.82, 2.24) is 15.0 Å². The van der Waals surface area contributed by atoms with Crippen LogP contribution in [0, 0.1) is 0 Å². The molecule has 2 aromatic heterocycles. The second kappa shape index (κ2) is 6.65. The van der Waals surface area contributed by atoms with Gasteiger partial charge in [0.05, 0.1) is 11.9 Å². The first-order valence-electron chi connectivity index (χ1n) is 6.20. The Labute approximate surface area is 112 Å². The van der Waals surface area contributed by atoms with Crippen LogP contribution >= 0.6 is 0 Å². The second-order valence-electron chi connectivity index (χ2n) is 4.19. The number of aromatic nitrogens is 3. The normalized spacial score (nSPS) is 10.2. The van der Waals surface area contributed by atoms with Gasteiger partial charge in [0.25, 0.3) is 0 Å². The summed E-state index contributed by atoms with van der Waals surface area (Å²) in [7, 11) is 1.99. The van der Waals surface area contributed by atoms with E-state index in [2.05, 4.69) is 25.2 Å². The van der Waals surface area contributed by atoms with Crippen LogP contribution in [-0.2, 0) is 0 Å². The van der Waals surface area contributed by atoms with E-state index in [1.54, 1.807) is 18.7 Å². The molecule has 0 spiro atoms. The average Bonchev–Trinajstić information content (AvgIpc) is 2.46. The smallest absolute Gasteiger partial charge is 0.135 e. The van der Waals surface area contributed by atoms with Crippen LogP contribution in [-0.4, -0.2) is 35.1 Å². The van der Waals surface area contributed by atoms with Crippen LogP contribution < -0.4 is 16.0 Å². The molecule has 2 heterocycles. The lowest BCUT2D eigenvalue weighted by Crippen LogP contribution is -2.22. The standard InChI is InChI=1S/C13H18N6/c1-19(7-3-5-14)13-8-12(16-10-17-13)18-11-4-2-6-15-9-11/h2,4,6,8-10H,3,5,7,14H2,1H3,(H,16,17,18). The zero-order valence-corrected chi connectivity index (χ0v) is 11.0. The van der Waals surface area contributed by atoms with Crippen molar-refractivity contribution in [2.24, 2.45) is 5.73 Å². The average molecular weight is 258 g/mol. The molecular formula is C13H18N6. The van der Waals surface area contributed by atoms with E-state index in [4.69, 9.17) is 5.73 Å². The highest BCUT2D eigenvalue weighted by atomic mass is 15.2. The Kier molecular flexibility index (Phi) is 4.63. The number of nitrogens with one attached hydrogen (secondary N) is 1. The van der Waals surface area contributed by atoms with Crippen LogP contribution in [0.5, 0.6) is 0 Å². The minimum Gasteiger partial charge on any atom is -0.359 e. The number of nitrogens with two attached hydrogens (primary N) is 1. The summed E-state index contributed by atoms with van der Waals surface area (Å²) < 4.78 is 0. The number of anilines is 3. The zero-order valence-electron chi connectivity index (χ0n) is 11.0. The molecule has 0 unspecified atom stereocenters. The summed E-state index contributed by atoms with van der Waals surface area (Å²) in [6, 6.07) is 5.72. The van der Waals surface area contributed by atoms with E-state index in [0.717, 1.165) is 30.3 Å². The quantitative estimate of drug-likeness (QED) is 0.815. The van der Waals surface area contributed by atoms with Gasteiger partial charge in [0.15, 0.2) is 0 Å². The largest absolute Gasteiger partial charge is 0.359 e. The Bertz CT molecular complexity index is 501. The Morgan fingerprint density at radius 1 is 1.37 bits per heavy atom. The van der Waals surface area contributed by atoms with Crippen molar-refractivity contribution < 1.29 is 0 Å². The summed E-state index contributed by atoms with van der Waals surface area (Å²) >= 11 is 0. The highest BCUT2D eigenvalue weighted by Gasteiger charge is 2.04. The Morgan fingerprint density at radius 3 is 3.00 bits per heavy atom. The van der Waals surface area contributed by atoms with Gasteiger partial charge in [0.2, 0.25) is 0 Å². The van der Waals surface area contributed by atoms with E-state index < -0.39 is 0 Å². The molecule has 0 atom stereocenters. The molecule has 0 saturated heterocycles. The van der Waals surface area contributed by atoms with E-state index in [9.17, 15) is 0 Å². The van der Waals surface area contributed by atoms with Crippen LogP contribution in [0.15, 0.2) is 36.9 Å². The molecular weight excluding hydrogens is 240 g/mol. The van der Waals surface area contributed by atoms with Gasteiger partial charge in [0, 0.05) is 25.9 Å². The van der Waals surface area contributed by atoms with Gasteiger partial charge in [-0.1, -0.05) is 0 Å². The summed E-state index contributed by atoms with van der Waals surface area (Å²) in [5.41, 5.74) is 6.41. The first kappa shape index (κ1) is 13.2. The molecule has 2 rings (SSSR count). The van der Waals surface area contributed by atoms with E-state index in [0.29, 0.717) is 6.54 Å². The fourth-order valence-electron chi connectivity index (χ4n) is 1.65. The summed E-state index contributed by atoms with van der Waals surface area (Å²) in [6.07, 6.45) is 5.97. The number of rotatable bonds is 6. The first-order chi connectivity index (χ1) is 9.29. The second-order valence-corrected chi connectivity index (χ2v) is 4.19. The van der Waals surface area contributed by atoms with Crippen molar-refractivity contribution in [3.8, 4) is 0 Å². The van der Waals surface area contributed by atoms with Gasteiger partial charge >= 0.3 is 0 Å². The van der Waals surface area contributed by atoms with E-state index in [1.807, 2.05) is 25.2 Å². The molecule has 0 bridgehead atoms. The fraction of sp³-hybridized carbons (Fsp3) is 0.308. The van der Waals surface area contributed by atoms with Crippen molar-refractivity contribution in [1.29, 1.82) is 0 Å². The molecule has 6 nitrogen and oxygen atoms in total. The first-order valence-corrected chi connectivity index (χ1v) is 6.20. The Balaban J connectivity index is 2.06. The molecule has 19 heavy (non-hydrogen) atoms. The maximum atomic E-state index is 5.51. The molecule has 100 valence electrons. The third-order valence-corrected chi connectivity index (χ3v) is 2.68. The Morgan fingerprint density at radius 2 is 2.26 bits per heavy atom. The Hall–Kier alpha value is -2.21. The van der Waals surface area contributed by atoms with Crippen molar-refractivity contribution in [3.63, 3.8) is 0 Å². The number of hydrogen-bond acceptors (Lipinski definition) is 6. The molecule has 0 aliphatic heterocycles. The summed E-state index contributed by atoms with van der Waals surface area (Å²) in [5.74, 6) is 1.62. The van der Waals surface area contributed by atoms with E-state index in [-0.39, 0.29) is 0 Å². The van der Waals surface area contributed by atoms with E-state index in [1.165, 1.54) is 0 Å². The molecule has 0 saturated carbocycles. The summed E-state index contributed by atoms with van der Waals surface area (Å²) in [5, 5.41) is 3.19.